The molecule has 0 radical (unpaired) electrons. The van der Waals surface area contributed by atoms with Crippen LogP contribution in [0.3, 0.4) is 0 Å². The molecule has 1 aromatic heterocycles. The molecule has 25 heavy (non-hydrogen) atoms. The smallest absolute Gasteiger partial charge is 0.335 e. The van der Waals surface area contributed by atoms with Crippen LogP contribution in [0.1, 0.15) is 24.2 Å². The first-order valence-electron chi connectivity index (χ1n) is 7.90. The highest BCUT2D eigenvalue weighted by molar-refractivity contribution is 5.93. The summed E-state index contributed by atoms with van der Waals surface area (Å²) in [5, 5.41) is 9.17. The molecule has 0 saturated heterocycles. The minimum absolute atomic E-state index is 0.140. The number of aromatic nitrogens is 2. The van der Waals surface area contributed by atoms with Crippen LogP contribution in [0.15, 0.2) is 42.5 Å². The maximum atomic E-state index is 13.7. The van der Waals surface area contributed by atoms with E-state index in [1.54, 1.807) is 18.2 Å². The van der Waals surface area contributed by atoms with Crippen LogP contribution in [-0.2, 0) is 0 Å². The van der Waals surface area contributed by atoms with E-state index in [-0.39, 0.29) is 17.4 Å². The molecular formula is C19H18FN3O2. The first kappa shape index (κ1) is 16.8. The average Bonchev–Trinajstić information content (AvgIpc) is 2.59. The van der Waals surface area contributed by atoms with Gasteiger partial charge in [-0.15, -0.1) is 0 Å². The first-order chi connectivity index (χ1) is 11.9. The Morgan fingerprint density at radius 3 is 2.52 bits per heavy atom. The Labute approximate surface area is 144 Å². The maximum absolute atomic E-state index is 13.7. The van der Waals surface area contributed by atoms with Gasteiger partial charge in [0, 0.05) is 18.7 Å². The second-order valence-corrected chi connectivity index (χ2v) is 6.12. The van der Waals surface area contributed by atoms with Crippen LogP contribution in [-0.4, -0.2) is 34.1 Å². The monoisotopic (exact) mass is 339 g/mol. The third-order valence-corrected chi connectivity index (χ3v) is 4.10. The summed E-state index contributed by atoms with van der Waals surface area (Å²) in [6.45, 7) is 4.02. The number of rotatable bonds is 4. The quantitative estimate of drug-likeness (QED) is 0.779. The molecule has 0 aliphatic rings. The van der Waals surface area contributed by atoms with Gasteiger partial charge >= 0.3 is 5.97 Å². The van der Waals surface area contributed by atoms with Crippen molar-refractivity contribution in [3.63, 3.8) is 0 Å². The Balaban J connectivity index is 2.28. The van der Waals surface area contributed by atoms with Crippen molar-refractivity contribution in [1.82, 2.24) is 9.97 Å². The number of hydrogen-bond donors (Lipinski definition) is 1. The van der Waals surface area contributed by atoms with Gasteiger partial charge in [-0.25, -0.2) is 19.2 Å². The molecule has 6 heteroatoms. The van der Waals surface area contributed by atoms with E-state index < -0.39 is 5.97 Å². The zero-order valence-electron chi connectivity index (χ0n) is 14.2. The second-order valence-electron chi connectivity index (χ2n) is 6.12. The summed E-state index contributed by atoms with van der Waals surface area (Å²) in [5.74, 6) is -0.786. The van der Waals surface area contributed by atoms with E-state index in [4.69, 9.17) is 0 Å². The van der Waals surface area contributed by atoms with E-state index in [0.29, 0.717) is 28.1 Å². The van der Waals surface area contributed by atoms with Gasteiger partial charge in [0.15, 0.2) is 5.82 Å². The number of aromatic carboxylic acids is 1. The van der Waals surface area contributed by atoms with Crippen LogP contribution in [0.5, 0.6) is 0 Å². The first-order valence-corrected chi connectivity index (χ1v) is 7.90. The lowest BCUT2D eigenvalue weighted by atomic mass is 10.1. The van der Waals surface area contributed by atoms with Gasteiger partial charge in [0.25, 0.3) is 0 Å². The Kier molecular flexibility index (Phi) is 4.35. The maximum Gasteiger partial charge on any atom is 0.335 e. The van der Waals surface area contributed by atoms with E-state index in [0.717, 1.165) is 0 Å². The lowest BCUT2D eigenvalue weighted by Gasteiger charge is -2.25. The number of hydrogen-bond acceptors (Lipinski definition) is 4. The van der Waals surface area contributed by atoms with E-state index in [9.17, 15) is 14.3 Å². The van der Waals surface area contributed by atoms with Crippen molar-refractivity contribution in [2.45, 2.75) is 19.9 Å². The highest BCUT2D eigenvalue weighted by atomic mass is 19.1. The summed E-state index contributed by atoms with van der Waals surface area (Å²) in [4.78, 5) is 22.4. The van der Waals surface area contributed by atoms with Gasteiger partial charge in [-0.05, 0) is 44.2 Å². The molecule has 128 valence electrons. The van der Waals surface area contributed by atoms with Crippen LogP contribution >= 0.6 is 0 Å². The van der Waals surface area contributed by atoms with Crippen molar-refractivity contribution in [3.05, 3.63) is 53.8 Å². The van der Waals surface area contributed by atoms with Crippen LogP contribution in [0, 0.1) is 5.82 Å². The topological polar surface area (TPSA) is 66.3 Å². The van der Waals surface area contributed by atoms with Gasteiger partial charge in [0.05, 0.1) is 16.6 Å². The van der Waals surface area contributed by atoms with Crippen LogP contribution in [0.2, 0.25) is 0 Å². The minimum Gasteiger partial charge on any atom is -0.478 e. The molecule has 0 unspecified atom stereocenters. The summed E-state index contributed by atoms with van der Waals surface area (Å²) < 4.78 is 13.7. The summed E-state index contributed by atoms with van der Waals surface area (Å²) in [5.41, 5.74) is 2.39. The predicted octanol–water partition coefficient (Wildman–Crippen LogP) is 3.98. The zero-order valence-corrected chi connectivity index (χ0v) is 14.2. The number of halogens is 1. The fourth-order valence-corrected chi connectivity index (χ4v) is 2.50. The summed E-state index contributed by atoms with van der Waals surface area (Å²) in [7, 11) is 1.88. The van der Waals surface area contributed by atoms with E-state index in [1.165, 1.54) is 24.3 Å². The van der Waals surface area contributed by atoms with Crippen molar-refractivity contribution >= 4 is 22.8 Å². The van der Waals surface area contributed by atoms with Crippen LogP contribution in [0.4, 0.5) is 10.2 Å². The van der Waals surface area contributed by atoms with Crippen LogP contribution in [0.25, 0.3) is 22.3 Å². The molecule has 0 atom stereocenters. The zero-order chi connectivity index (χ0) is 18.1. The van der Waals surface area contributed by atoms with Gasteiger partial charge in [-0.1, -0.05) is 12.1 Å². The van der Waals surface area contributed by atoms with Gasteiger partial charge in [0.2, 0.25) is 0 Å². The normalized spacial score (nSPS) is 11.1. The Hall–Kier alpha value is -3.02. The number of fused-ring (bicyclic) bond motifs is 1. The molecule has 3 rings (SSSR count). The molecular weight excluding hydrogens is 321 g/mol. The molecule has 2 aromatic carbocycles. The lowest BCUT2D eigenvalue weighted by Crippen LogP contribution is -2.27. The van der Waals surface area contributed by atoms with Crippen molar-refractivity contribution in [3.8, 4) is 11.3 Å². The Morgan fingerprint density at radius 2 is 1.88 bits per heavy atom. The molecule has 0 fully saturated rings. The van der Waals surface area contributed by atoms with Gasteiger partial charge < -0.3 is 10.0 Å². The van der Waals surface area contributed by atoms with Gasteiger partial charge in [-0.3, -0.25) is 0 Å². The molecule has 5 nitrogen and oxygen atoms in total. The van der Waals surface area contributed by atoms with Crippen molar-refractivity contribution in [2.75, 3.05) is 11.9 Å². The molecule has 0 spiro atoms. The van der Waals surface area contributed by atoms with Crippen molar-refractivity contribution < 1.29 is 14.3 Å². The number of carboxylic acids is 1. The number of anilines is 1. The third kappa shape index (κ3) is 3.28. The number of carboxylic acid groups (broad SMARTS) is 1. The standard InChI is InChI=1S/C19H18FN3O2/c1-11(2)23(3)18-17(12-5-4-6-14(20)9-12)21-15-8-7-13(19(24)25)10-16(15)22-18/h4-11H,1-3H3,(H,24,25). The number of nitrogens with zero attached hydrogens (tertiary/aromatic N) is 3. The molecule has 1 heterocycles. The molecule has 0 aliphatic carbocycles. The highest BCUT2D eigenvalue weighted by Crippen LogP contribution is 2.30. The fourth-order valence-electron chi connectivity index (χ4n) is 2.50. The number of benzene rings is 2. The summed E-state index contributed by atoms with van der Waals surface area (Å²) in [6.07, 6.45) is 0. The minimum atomic E-state index is -1.02. The van der Waals surface area contributed by atoms with Gasteiger partial charge in [0.1, 0.15) is 11.5 Å². The van der Waals surface area contributed by atoms with Crippen molar-refractivity contribution in [2.24, 2.45) is 0 Å². The molecule has 0 amide bonds. The van der Waals surface area contributed by atoms with Crippen molar-refractivity contribution in [1.29, 1.82) is 0 Å². The average molecular weight is 339 g/mol. The Morgan fingerprint density at radius 1 is 1.12 bits per heavy atom. The number of carbonyl (C=O) groups is 1. The largest absolute Gasteiger partial charge is 0.478 e. The fraction of sp³-hybridized carbons (Fsp3) is 0.211. The molecule has 0 bridgehead atoms. The van der Waals surface area contributed by atoms with E-state index in [1.807, 2.05) is 25.8 Å². The molecule has 3 aromatic rings. The second kappa shape index (κ2) is 6.47. The third-order valence-electron chi connectivity index (χ3n) is 4.10. The van der Waals surface area contributed by atoms with E-state index >= 15 is 0 Å². The Bertz CT molecular complexity index is 957. The summed E-state index contributed by atoms with van der Waals surface area (Å²) in [6, 6.07) is 10.9. The molecule has 1 N–H and O–H groups in total. The predicted molar refractivity (Wildman–Crippen MR) is 95.4 cm³/mol. The summed E-state index contributed by atoms with van der Waals surface area (Å²) >= 11 is 0. The van der Waals surface area contributed by atoms with E-state index in [2.05, 4.69) is 9.97 Å². The lowest BCUT2D eigenvalue weighted by molar-refractivity contribution is 0.0697. The molecule has 0 saturated carbocycles. The molecule has 0 aliphatic heterocycles. The van der Waals surface area contributed by atoms with Crippen LogP contribution < -0.4 is 4.90 Å². The highest BCUT2D eigenvalue weighted by Gasteiger charge is 2.18. The SMILES string of the molecule is CC(C)N(C)c1nc2cc(C(=O)O)ccc2nc1-c1cccc(F)c1. The van der Waals surface area contributed by atoms with Gasteiger partial charge in [-0.2, -0.15) is 0 Å².